The molecule has 0 unspecified atom stereocenters. The lowest BCUT2D eigenvalue weighted by atomic mass is 10.1. The van der Waals surface area contributed by atoms with E-state index in [9.17, 15) is 17.6 Å². The van der Waals surface area contributed by atoms with E-state index in [0.717, 1.165) is 12.1 Å². The normalized spacial score (nSPS) is 11.9. The number of pyridine rings is 1. The molecule has 1 aromatic heterocycles. The molecule has 2 nitrogen and oxygen atoms in total. The Morgan fingerprint density at radius 3 is 2.44 bits per heavy atom. The summed E-state index contributed by atoms with van der Waals surface area (Å²) in [6, 6.07) is 3.10. The van der Waals surface area contributed by atoms with Crippen molar-refractivity contribution in [1.82, 2.24) is 4.98 Å². The fourth-order valence-corrected chi connectivity index (χ4v) is 1.81. The van der Waals surface area contributed by atoms with Crippen molar-refractivity contribution in [2.75, 3.05) is 12.4 Å². The van der Waals surface area contributed by atoms with Gasteiger partial charge in [-0.15, -0.1) is 0 Å². The van der Waals surface area contributed by atoms with Crippen molar-refractivity contribution in [1.29, 1.82) is 0 Å². The number of aromatic nitrogens is 1. The molecule has 0 fully saturated rings. The second-order valence-electron chi connectivity index (χ2n) is 3.59. The Kier molecular flexibility index (Phi) is 3.06. The van der Waals surface area contributed by atoms with Gasteiger partial charge in [-0.3, -0.25) is 0 Å². The maximum atomic E-state index is 13.6. The number of fused-ring (bicyclic) bond motifs is 1. The van der Waals surface area contributed by atoms with Gasteiger partial charge in [0.2, 0.25) is 0 Å². The standard InChI is InChI=1S/C11H7ClF4N2/c1-17-8-4-9(11(14,15)16)18-10-6(8)2-5(12)3-7(10)13/h2-4H,1H3,(H,17,18). The molecular weight excluding hydrogens is 272 g/mol. The van der Waals surface area contributed by atoms with E-state index >= 15 is 0 Å². The highest BCUT2D eigenvalue weighted by Gasteiger charge is 2.33. The van der Waals surface area contributed by atoms with Crippen LogP contribution in [0.15, 0.2) is 18.2 Å². The number of hydrogen-bond donors (Lipinski definition) is 1. The van der Waals surface area contributed by atoms with Crippen molar-refractivity contribution in [3.63, 3.8) is 0 Å². The molecule has 2 aromatic rings. The van der Waals surface area contributed by atoms with E-state index in [0.29, 0.717) is 0 Å². The molecule has 2 rings (SSSR count). The van der Waals surface area contributed by atoms with Crippen molar-refractivity contribution in [2.45, 2.75) is 6.18 Å². The molecule has 1 aromatic carbocycles. The molecule has 18 heavy (non-hydrogen) atoms. The number of anilines is 1. The summed E-state index contributed by atoms with van der Waals surface area (Å²) in [4.78, 5) is 3.30. The van der Waals surface area contributed by atoms with Crippen molar-refractivity contribution in [2.24, 2.45) is 0 Å². The average Bonchev–Trinajstić information content (AvgIpc) is 2.26. The number of hydrogen-bond acceptors (Lipinski definition) is 2. The molecule has 0 spiro atoms. The molecule has 0 atom stereocenters. The van der Waals surface area contributed by atoms with E-state index in [1.54, 1.807) is 0 Å². The highest BCUT2D eigenvalue weighted by Crippen LogP contribution is 2.34. The summed E-state index contributed by atoms with van der Waals surface area (Å²) < 4.78 is 51.4. The van der Waals surface area contributed by atoms with Crippen LogP contribution in [0.4, 0.5) is 23.2 Å². The van der Waals surface area contributed by atoms with Gasteiger partial charge >= 0.3 is 6.18 Å². The number of benzene rings is 1. The number of rotatable bonds is 1. The topological polar surface area (TPSA) is 24.9 Å². The first-order valence-corrected chi connectivity index (χ1v) is 5.25. The Bertz CT molecular complexity index is 610. The molecule has 96 valence electrons. The van der Waals surface area contributed by atoms with E-state index < -0.39 is 17.7 Å². The molecule has 0 aliphatic heterocycles. The van der Waals surface area contributed by atoms with Gasteiger partial charge in [-0.05, 0) is 18.2 Å². The summed E-state index contributed by atoms with van der Waals surface area (Å²) >= 11 is 5.66. The Morgan fingerprint density at radius 1 is 1.22 bits per heavy atom. The fourth-order valence-electron chi connectivity index (χ4n) is 1.60. The summed E-state index contributed by atoms with van der Waals surface area (Å²) in [5.74, 6) is -0.889. The average molecular weight is 279 g/mol. The van der Waals surface area contributed by atoms with Gasteiger partial charge in [-0.1, -0.05) is 11.6 Å². The zero-order chi connectivity index (χ0) is 13.5. The van der Waals surface area contributed by atoms with Gasteiger partial charge in [0.25, 0.3) is 0 Å². The Balaban J connectivity index is 2.84. The minimum absolute atomic E-state index is 0.0954. The summed E-state index contributed by atoms with van der Waals surface area (Å²) in [7, 11) is 1.44. The second-order valence-corrected chi connectivity index (χ2v) is 4.02. The first kappa shape index (κ1) is 12.9. The molecule has 1 heterocycles. The maximum absolute atomic E-state index is 13.6. The smallest absolute Gasteiger partial charge is 0.388 e. The van der Waals surface area contributed by atoms with Crippen LogP contribution in [-0.2, 0) is 6.18 Å². The summed E-state index contributed by atoms with van der Waals surface area (Å²) in [5, 5.41) is 2.87. The second kappa shape index (κ2) is 4.28. The van der Waals surface area contributed by atoms with Crippen LogP contribution in [0.5, 0.6) is 0 Å². The lowest BCUT2D eigenvalue weighted by Crippen LogP contribution is -2.09. The van der Waals surface area contributed by atoms with Crippen LogP contribution in [0.2, 0.25) is 5.02 Å². The van der Waals surface area contributed by atoms with Crippen LogP contribution >= 0.6 is 11.6 Å². The predicted octanol–water partition coefficient (Wildman–Crippen LogP) is 4.09. The highest BCUT2D eigenvalue weighted by atomic mass is 35.5. The van der Waals surface area contributed by atoms with Crippen molar-refractivity contribution < 1.29 is 17.6 Å². The molecule has 0 aliphatic carbocycles. The zero-order valence-electron chi connectivity index (χ0n) is 9.07. The van der Waals surface area contributed by atoms with Crippen molar-refractivity contribution in [3.05, 3.63) is 34.7 Å². The quantitative estimate of drug-likeness (QED) is 0.795. The number of nitrogens with zero attached hydrogens (tertiary/aromatic N) is 1. The number of alkyl halides is 3. The van der Waals surface area contributed by atoms with Gasteiger partial charge in [0, 0.05) is 23.1 Å². The van der Waals surface area contributed by atoms with E-state index in [4.69, 9.17) is 11.6 Å². The first-order valence-electron chi connectivity index (χ1n) is 4.87. The molecule has 7 heteroatoms. The van der Waals surface area contributed by atoms with Crippen LogP contribution < -0.4 is 5.32 Å². The molecule has 0 radical (unpaired) electrons. The third-order valence-electron chi connectivity index (χ3n) is 2.39. The van der Waals surface area contributed by atoms with Gasteiger partial charge in [-0.2, -0.15) is 13.2 Å². The van der Waals surface area contributed by atoms with Crippen molar-refractivity contribution in [3.8, 4) is 0 Å². The maximum Gasteiger partial charge on any atom is 0.433 e. The van der Waals surface area contributed by atoms with E-state index in [-0.39, 0.29) is 21.6 Å². The zero-order valence-corrected chi connectivity index (χ0v) is 9.83. The Hall–Kier alpha value is -1.56. The minimum atomic E-state index is -4.63. The van der Waals surface area contributed by atoms with Gasteiger partial charge in [0.1, 0.15) is 11.2 Å². The molecule has 0 bridgehead atoms. The highest BCUT2D eigenvalue weighted by molar-refractivity contribution is 6.31. The van der Waals surface area contributed by atoms with E-state index in [2.05, 4.69) is 10.3 Å². The largest absolute Gasteiger partial charge is 0.433 e. The third kappa shape index (κ3) is 2.20. The van der Waals surface area contributed by atoms with E-state index in [1.807, 2.05) is 0 Å². The van der Waals surface area contributed by atoms with Crippen LogP contribution in [0, 0.1) is 5.82 Å². The third-order valence-corrected chi connectivity index (χ3v) is 2.61. The SMILES string of the molecule is CNc1cc(C(F)(F)F)nc2c(F)cc(Cl)cc12. The lowest BCUT2D eigenvalue weighted by molar-refractivity contribution is -0.140. The lowest BCUT2D eigenvalue weighted by Gasteiger charge is -2.12. The predicted molar refractivity (Wildman–Crippen MR) is 61.3 cm³/mol. The van der Waals surface area contributed by atoms with Gasteiger partial charge < -0.3 is 5.32 Å². The molecular formula is C11H7ClF4N2. The van der Waals surface area contributed by atoms with Gasteiger partial charge in [0.05, 0.1) is 0 Å². The van der Waals surface area contributed by atoms with Crippen LogP contribution in [0.1, 0.15) is 5.69 Å². The van der Waals surface area contributed by atoms with Crippen LogP contribution in [-0.4, -0.2) is 12.0 Å². The number of nitrogens with one attached hydrogen (secondary N) is 1. The molecule has 0 aliphatic rings. The summed E-state index contributed by atoms with van der Waals surface area (Å²) in [5.41, 5.74) is -1.40. The van der Waals surface area contributed by atoms with Gasteiger partial charge in [-0.25, -0.2) is 9.37 Å². The van der Waals surface area contributed by atoms with Crippen LogP contribution in [0.3, 0.4) is 0 Å². The fraction of sp³-hybridized carbons (Fsp3) is 0.182. The molecule has 0 amide bonds. The summed E-state index contributed by atoms with van der Waals surface area (Å²) in [6.45, 7) is 0. The molecule has 0 saturated carbocycles. The minimum Gasteiger partial charge on any atom is -0.388 e. The van der Waals surface area contributed by atoms with Crippen LogP contribution in [0.25, 0.3) is 10.9 Å². The monoisotopic (exact) mass is 278 g/mol. The Labute approximate surface area is 105 Å². The number of halogens is 5. The Morgan fingerprint density at radius 2 is 1.89 bits per heavy atom. The van der Waals surface area contributed by atoms with Gasteiger partial charge in [0.15, 0.2) is 5.82 Å². The molecule has 0 saturated heterocycles. The summed E-state index contributed by atoms with van der Waals surface area (Å²) in [6.07, 6.45) is -4.63. The molecule has 1 N–H and O–H groups in total. The first-order chi connectivity index (χ1) is 8.32. The van der Waals surface area contributed by atoms with E-state index in [1.165, 1.54) is 13.1 Å². The van der Waals surface area contributed by atoms with Crippen molar-refractivity contribution >= 4 is 28.2 Å².